The zero-order valence-electron chi connectivity index (χ0n) is 22.1. The van der Waals surface area contributed by atoms with E-state index in [2.05, 4.69) is 59.1 Å². The molecule has 1 atom stereocenters. The maximum absolute atomic E-state index is 11.1. The maximum Gasteiger partial charge on any atom is 0.326 e. The number of rotatable bonds is 11. The van der Waals surface area contributed by atoms with Crippen molar-refractivity contribution in [2.45, 2.75) is 45.1 Å². The van der Waals surface area contributed by atoms with Crippen molar-refractivity contribution in [1.82, 2.24) is 10.6 Å². The summed E-state index contributed by atoms with van der Waals surface area (Å²) in [7, 11) is 0. The van der Waals surface area contributed by atoms with Gasteiger partial charge in [0.15, 0.2) is 5.96 Å². The number of carboxylic acids is 1. The van der Waals surface area contributed by atoms with Crippen LogP contribution in [0.25, 0.3) is 11.1 Å². The Kier molecular flexibility index (Phi) is 16.7. The second-order valence-corrected chi connectivity index (χ2v) is 9.39. The molecule has 0 radical (unpaired) electrons. The zero-order chi connectivity index (χ0) is 28.2. The molecule has 2 aromatic rings. The molecule has 3 rings (SSSR count). The number of aliphatic carboxylic acids is 1. The summed E-state index contributed by atoms with van der Waals surface area (Å²) in [6.45, 7) is 8.50. The molecule has 1 aliphatic rings. The Morgan fingerprint density at radius 2 is 1.66 bits per heavy atom. The summed E-state index contributed by atoms with van der Waals surface area (Å²) in [5, 5.41) is 14.6. The minimum absolute atomic E-state index is 0.116. The van der Waals surface area contributed by atoms with Crippen LogP contribution in [-0.4, -0.2) is 49.1 Å². The number of carboxylic acid groups (broad SMARTS) is 1. The van der Waals surface area contributed by atoms with Gasteiger partial charge >= 0.3 is 5.97 Å². The lowest BCUT2D eigenvalue weighted by Crippen LogP contribution is -2.37. The highest BCUT2D eigenvalue weighted by Crippen LogP contribution is 2.21. The van der Waals surface area contributed by atoms with Crippen LogP contribution in [0.1, 0.15) is 37.3 Å². The highest BCUT2D eigenvalue weighted by Gasteiger charge is 2.16. The smallest absolute Gasteiger partial charge is 0.326 e. The quantitative estimate of drug-likeness (QED) is 0.0642. The molecule has 1 saturated heterocycles. The summed E-state index contributed by atoms with van der Waals surface area (Å²) in [4.78, 5) is 26.6. The van der Waals surface area contributed by atoms with Gasteiger partial charge in [0.1, 0.15) is 6.04 Å². The Morgan fingerprint density at radius 3 is 2.03 bits per heavy atom. The van der Waals surface area contributed by atoms with Crippen LogP contribution < -0.4 is 22.1 Å². The predicted molar refractivity (Wildman–Crippen MR) is 160 cm³/mol. The number of nitrogens with two attached hydrogens (primary N) is 2. The van der Waals surface area contributed by atoms with E-state index in [-0.39, 0.29) is 12.4 Å². The number of guanidine groups is 1. The first-order chi connectivity index (χ1) is 18.3. The van der Waals surface area contributed by atoms with Crippen molar-refractivity contribution in [3.8, 4) is 11.1 Å². The minimum Gasteiger partial charge on any atom is -0.480 e. The topological polar surface area (TPSA) is 143 Å². The summed E-state index contributed by atoms with van der Waals surface area (Å²) < 4.78 is 0. The second-order valence-electron chi connectivity index (χ2n) is 8.68. The average molecular weight is 540 g/mol. The molecule has 1 aliphatic heterocycles. The third-order valence-electron chi connectivity index (χ3n) is 5.48. The van der Waals surface area contributed by atoms with Crippen molar-refractivity contribution in [3.05, 3.63) is 83.3 Å². The molecule has 0 spiro atoms. The first-order valence-electron chi connectivity index (χ1n) is 12.6. The van der Waals surface area contributed by atoms with Gasteiger partial charge in [0.25, 0.3) is 0 Å². The van der Waals surface area contributed by atoms with Crippen LogP contribution in [0.3, 0.4) is 0 Å². The van der Waals surface area contributed by atoms with Crippen LogP contribution in [0.15, 0.2) is 77.2 Å². The van der Waals surface area contributed by atoms with Crippen LogP contribution in [0.2, 0.25) is 0 Å². The second kappa shape index (κ2) is 19.5. The van der Waals surface area contributed by atoms with Gasteiger partial charge in [-0.05, 0) is 72.9 Å². The normalized spacial score (nSPS) is 13.1. The molecule has 7 N–H and O–H groups in total. The lowest BCUT2D eigenvalue weighted by molar-refractivity contribution is -0.140. The Hall–Kier alpha value is -3.56. The largest absolute Gasteiger partial charge is 0.480 e. The molecule has 0 aromatic heterocycles. The van der Waals surface area contributed by atoms with Gasteiger partial charge < -0.3 is 27.2 Å². The number of hydrogen-bond acceptors (Lipinski definition) is 5. The Bertz CT molecular complexity index is 1020. The van der Waals surface area contributed by atoms with Crippen LogP contribution in [0.5, 0.6) is 0 Å². The highest BCUT2D eigenvalue weighted by atomic mass is 32.1. The molecule has 1 fully saturated rings. The fourth-order valence-electron chi connectivity index (χ4n) is 3.52. The van der Waals surface area contributed by atoms with Crippen LogP contribution in [0.4, 0.5) is 0 Å². The van der Waals surface area contributed by atoms with Crippen molar-refractivity contribution in [2.24, 2.45) is 16.5 Å². The van der Waals surface area contributed by atoms with Gasteiger partial charge in [-0.1, -0.05) is 67.3 Å². The third-order valence-corrected chi connectivity index (χ3v) is 5.63. The summed E-state index contributed by atoms with van der Waals surface area (Å²) in [5.41, 5.74) is 14.8. The summed E-state index contributed by atoms with van der Waals surface area (Å²) in [6, 6.07) is 15.0. The molecule has 8 nitrogen and oxygen atoms in total. The number of carbonyl (C=O) groups is 2. The van der Waals surface area contributed by atoms with Gasteiger partial charge in [0.2, 0.25) is 6.41 Å². The fraction of sp³-hybridized carbons (Fsp3) is 0.345. The van der Waals surface area contributed by atoms with Gasteiger partial charge in [-0.2, -0.15) is 0 Å². The van der Waals surface area contributed by atoms with Gasteiger partial charge in [-0.15, -0.1) is 12.6 Å². The van der Waals surface area contributed by atoms with E-state index in [1.165, 1.54) is 31.5 Å². The first kappa shape index (κ1) is 32.5. The first-order valence-corrected chi connectivity index (χ1v) is 13.1. The summed E-state index contributed by atoms with van der Waals surface area (Å²) >= 11 is 3.97. The number of nitrogens with one attached hydrogen (secondary N) is 2. The summed E-state index contributed by atoms with van der Waals surface area (Å²) in [5.74, 6) is -0.938. The lowest BCUT2D eigenvalue weighted by Gasteiger charge is -2.11. The number of hydrogen-bond donors (Lipinski definition) is 6. The SMILES string of the molecule is C1CCNC1.C=C/C=C(\C)S.NC(N)=NCCCc1ccc(-c2ccc(CC(NC=O)C(=O)O)cc2)cc1. The average Bonchev–Trinajstić information content (AvgIpc) is 3.48. The van der Waals surface area contributed by atoms with Crippen molar-refractivity contribution < 1.29 is 14.7 Å². The van der Waals surface area contributed by atoms with Crippen LogP contribution in [0, 0.1) is 0 Å². The van der Waals surface area contributed by atoms with E-state index in [1.54, 1.807) is 6.08 Å². The molecule has 1 unspecified atom stereocenters. The summed E-state index contributed by atoms with van der Waals surface area (Å²) in [6.07, 6.45) is 8.75. The van der Waals surface area contributed by atoms with E-state index >= 15 is 0 Å². The van der Waals surface area contributed by atoms with Crippen molar-refractivity contribution in [1.29, 1.82) is 0 Å². The van der Waals surface area contributed by atoms with Gasteiger partial charge in [-0.25, -0.2) is 4.79 Å². The Balaban J connectivity index is 0.000000542. The molecule has 0 saturated carbocycles. The standard InChI is InChI=1S/C20H24N4O3.C5H8S.C4H9N/c21-20(22)23-11-1-2-14-3-7-16(8-4-14)17-9-5-15(6-10-17)12-18(19(26)27)24-13-25;1-3-4-5(2)6;1-2-4-5-3-1/h3-10,13,18H,1-2,11-12H2,(H,24,25)(H,26,27)(H4,21,22,23);3-4,6H,1H2,2H3;5H,1-4H2/b;5-4+;. The molecule has 1 heterocycles. The van der Waals surface area contributed by atoms with Crippen molar-refractivity contribution in [3.63, 3.8) is 0 Å². The van der Waals surface area contributed by atoms with E-state index in [0.717, 1.165) is 34.4 Å². The number of aryl methyl sites for hydroxylation is 1. The molecular weight excluding hydrogens is 498 g/mol. The number of benzene rings is 2. The minimum atomic E-state index is -1.05. The monoisotopic (exact) mass is 539 g/mol. The van der Waals surface area contributed by atoms with Gasteiger partial charge in [-0.3, -0.25) is 9.79 Å². The molecule has 1 amide bonds. The molecule has 206 valence electrons. The molecule has 0 bridgehead atoms. The van der Waals surface area contributed by atoms with Crippen molar-refractivity contribution in [2.75, 3.05) is 19.6 Å². The van der Waals surface area contributed by atoms with Gasteiger partial charge in [0.05, 0.1) is 0 Å². The van der Waals surface area contributed by atoms with Gasteiger partial charge in [0, 0.05) is 13.0 Å². The number of carbonyl (C=O) groups excluding carboxylic acids is 1. The molecule has 9 heteroatoms. The van der Waals surface area contributed by atoms with E-state index in [0.29, 0.717) is 13.0 Å². The Morgan fingerprint density at radius 1 is 1.11 bits per heavy atom. The van der Waals surface area contributed by atoms with Crippen LogP contribution in [-0.2, 0) is 22.4 Å². The maximum atomic E-state index is 11.1. The number of allylic oxidation sites excluding steroid dienone is 3. The van der Waals surface area contributed by atoms with E-state index in [1.807, 2.05) is 37.3 Å². The fourth-order valence-corrected chi connectivity index (χ4v) is 3.62. The number of amides is 1. The van der Waals surface area contributed by atoms with Crippen LogP contribution >= 0.6 is 12.6 Å². The zero-order valence-corrected chi connectivity index (χ0v) is 23.0. The number of thiol groups is 1. The number of aliphatic imine (C=N–C) groups is 1. The third kappa shape index (κ3) is 14.9. The predicted octanol–water partition coefficient (Wildman–Crippen LogP) is 3.68. The molecule has 0 aliphatic carbocycles. The number of nitrogens with zero attached hydrogens (tertiary/aromatic N) is 1. The highest BCUT2D eigenvalue weighted by molar-refractivity contribution is 7.84. The molecule has 2 aromatic carbocycles. The van der Waals surface area contributed by atoms with E-state index in [4.69, 9.17) is 16.6 Å². The van der Waals surface area contributed by atoms with E-state index in [9.17, 15) is 9.59 Å². The van der Waals surface area contributed by atoms with E-state index < -0.39 is 12.0 Å². The van der Waals surface area contributed by atoms with Crippen molar-refractivity contribution >= 4 is 31.0 Å². The molecular formula is C29H41N5O3S. The lowest BCUT2D eigenvalue weighted by atomic mass is 9.99. The Labute approximate surface area is 231 Å². The molecule has 38 heavy (non-hydrogen) atoms.